The standard InChI is InChI=1S/C20H24ClN7O/c1-26(2)20(29)18-13(21)7-14-19(17(18)12-5-4-6-27(3)9-12)25-11-28(14)16-8-15(22)23-10-24-16/h7-8,10-12H,4-6,9H2,1-3H3,(H2,22,23,24). The van der Waals surface area contributed by atoms with E-state index in [1.165, 1.54) is 6.33 Å². The van der Waals surface area contributed by atoms with Gasteiger partial charge in [-0.2, -0.15) is 0 Å². The first-order valence-electron chi connectivity index (χ1n) is 9.54. The van der Waals surface area contributed by atoms with Crippen LogP contribution in [-0.4, -0.2) is 69.5 Å². The molecule has 1 aliphatic heterocycles. The lowest BCUT2D eigenvalue weighted by Gasteiger charge is -2.31. The normalized spacial score (nSPS) is 17.6. The highest BCUT2D eigenvalue weighted by atomic mass is 35.5. The second-order valence-electron chi connectivity index (χ2n) is 7.73. The second-order valence-corrected chi connectivity index (χ2v) is 8.14. The van der Waals surface area contributed by atoms with E-state index < -0.39 is 0 Å². The van der Waals surface area contributed by atoms with Gasteiger partial charge in [0.05, 0.1) is 21.6 Å². The fourth-order valence-electron chi connectivity index (χ4n) is 4.06. The third-order valence-corrected chi connectivity index (χ3v) is 5.70. The molecule has 1 saturated heterocycles. The number of likely N-dealkylation sites (tertiary alicyclic amines) is 1. The Labute approximate surface area is 174 Å². The molecule has 0 saturated carbocycles. The summed E-state index contributed by atoms with van der Waals surface area (Å²) in [5, 5.41) is 0.420. The topological polar surface area (TPSA) is 93.2 Å². The summed E-state index contributed by atoms with van der Waals surface area (Å²) < 4.78 is 1.83. The highest BCUT2D eigenvalue weighted by Gasteiger charge is 2.30. The van der Waals surface area contributed by atoms with Gasteiger partial charge in [0.1, 0.15) is 24.3 Å². The van der Waals surface area contributed by atoms with Crippen molar-refractivity contribution in [3.8, 4) is 5.82 Å². The van der Waals surface area contributed by atoms with Crippen molar-refractivity contribution in [2.24, 2.45) is 0 Å². The molecule has 0 bridgehead atoms. The molecule has 0 aliphatic carbocycles. The van der Waals surface area contributed by atoms with Crippen molar-refractivity contribution in [3.05, 3.63) is 40.9 Å². The van der Waals surface area contributed by atoms with E-state index in [2.05, 4.69) is 26.9 Å². The van der Waals surface area contributed by atoms with Crippen LogP contribution in [-0.2, 0) is 0 Å². The molecule has 152 valence electrons. The lowest BCUT2D eigenvalue weighted by molar-refractivity contribution is 0.0825. The maximum atomic E-state index is 13.0. The number of aromatic nitrogens is 4. The van der Waals surface area contributed by atoms with Crippen molar-refractivity contribution in [1.29, 1.82) is 0 Å². The fourth-order valence-corrected chi connectivity index (χ4v) is 4.34. The number of anilines is 1. The van der Waals surface area contributed by atoms with Crippen LogP contribution in [0.2, 0.25) is 5.02 Å². The lowest BCUT2D eigenvalue weighted by atomic mass is 9.86. The summed E-state index contributed by atoms with van der Waals surface area (Å²) in [6.07, 6.45) is 5.16. The third kappa shape index (κ3) is 3.54. The number of imidazole rings is 1. The number of hydrogen-bond donors (Lipinski definition) is 1. The van der Waals surface area contributed by atoms with Gasteiger partial charge in [0.15, 0.2) is 0 Å². The molecule has 3 heterocycles. The van der Waals surface area contributed by atoms with Gasteiger partial charge < -0.3 is 15.5 Å². The Bertz CT molecular complexity index is 1080. The molecular weight excluding hydrogens is 390 g/mol. The minimum Gasteiger partial charge on any atom is -0.384 e. The predicted molar refractivity (Wildman–Crippen MR) is 114 cm³/mol. The van der Waals surface area contributed by atoms with Gasteiger partial charge in [0, 0.05) is 26.7 Å². The Morgan fingerprint density at radius 1 is 1.28 bits per heavy atom. The quantitative estimate of drug-likeness (QED) is 0.709. The summed E-state index contributed by atoms with van der Waals surface area (Å²) in [5.74, 6) is 1.04. The molecule has 2 aromatic heterocycles. The molecule has 1 unspecified atom stereocenters. The van der Waals surface area contributed by atoms with Gasteiger partial charge in [-0.05, 0) is 44.0 Å². The molecule has 3 aromatic rings. The minimum atomic E-state index is -0.110. The van der Waals surface area contributed by atoms with E-state index in [-0.39, 0.29) is 11.8 Å². The number of piperidine rings is 1. The number of halogens is 1. The number of carbonyl (C=O) groups excluding carboxylic acids is 1. The number of likely N-dealkylation sites (N-methyl/N-ethyl adjacent to an activating group) is 1. The number of nitrogens with zero attached hydrogens (tertiary/aromatic N) is 6. The summed E-state index contributed by atoms with van der Waals surface area (Å²) in [6.45, 7) is 1.91. The monoisotopic (exact) mass is 413 g/mol. The maximum absolute atomic E-state index is 13.0. The molecule has 2 N–H and O–H groups in total. The van der Waals surface area contributed by atoms with Crippen molar-refractivity contribution >= 4 is 34.4 Å². The molecule has 1 fully saturated rings. The zero-order valence-electron chi connectivity index (χ0n) is 16.8. The van der Waals surface area contributed by atoms with Gasteiger partial charge in [-0.25, -0.2) is 15.0 Å². The largest absolute Gasteiger partial charge is 0.384 e. The number of rotatable bonds is 3. The smallest absolute Gasteiger partial charge is 0.255 e. The Morgan fingerprint density at radius 2 is 2.07 bits per heavy atom. The van der Waals surface area contributed by atoms with E-state index in [1.807, 2.05) is 4.57 Å². The highest BCUT2D eigenvalue weighted by molar-refractivity contribution is 6.35. The first kappa shape index (κ1) is 19.6. The average molecular weight is 414 g/mol. The zero-order chi connectivity index (χ0) is 20.7. The molecule has 4 rings (SSSR count). The molecule has 29 heavy (non-hydrogen) atoms. The molecule has 9 heteroatoms. The predicted octanol–water partition coefficient (Wildman–Crippen LogP) is 2.56. The Balaban J connectivity index is 1.97. The van der Waals surface area contributed by atoms with Gasteiger partial charge in [0.2, 0.25) is 0 Å². The van der Waals surface area contributed by atoms with E-state index in [0.717, 1.165) is 42.5 Å². The number of amides is 1. The number of fused-ring (bicyclic) bond motifs is 1. The SMILES string of the molecule is CN1CCCC(c2c(C(=O)N(C)C)c(Cl)cc3c2ncn3-c2cc(N)ncn2)C1. The first-order chi connectivity index (χ1) is 13.9. The fraction of sp³-hybridized carbons (Fsp3) is 0.400. The van der Waals surface area contributed by atoms with Gasteiger partial charge in [-0.1, -0.05) is 11.6 Å². The van der Waals surface area contributed by atoms with Crippen molar-refractivity contribution < 1.29 is 4.79 Å². The lowest BCUT2D eigenvalue weighted by Crippen LogP contribution is -2.33. The Hall–Kier alpha value is -2.71. The molecule has 1 aliphatic rings. The van der Waals surface area contributed by atoms with E-state index in [9.17, 15) is 4.79 Å². The van der Waals surface area contributed by atoms with Crippen LogP contribution in [0, 0.1) is 0 Å². The summed E-state index contributed by atoms with van der Waals surface area (Å²) in [4.78, 5) is 29.8. The number of nitrogens with two attached hydrogens (primary N) is 1. The van der Waals surface area contributed by atoms with Crippen LogP contribution < -0.4 is 5.73 Å². The summed E-state index contributed by atoms with van der Waals surface area (Å²) in [6, 6.07) is 3.47. The van der Waals surface area contributed by atoms with Gasteiger partial charge in [0.25, 0.3) is 5.91 Å². The van der Waals surface area contributed by atoms with Crippen LogP contribution >= 0.6 is 11.6 Å². The molecule has 0 radical (unpaired) electrons. The van der Waals surface area contributed by atoms with E-state index in [0.29, 0.717) is 22.2 Å². The summed E-state index contributed by atoms with van der Waals surface area (Å²) in [7, 11) is 5.58. The van der Waals surface area contributed by atoms with Crippen molar-refractivity contribution in [1.82, 2.24) is 29.3 Å². The molecule has 0 spiro atoms. The maximum Gasteiger partial charge on any atom is 0.255 e. The van der Waals surface area contributed by atoms with Gasteiger partial charge in [-0.3, -0.25) is 9.36 Å². The molecule has 1 aromatic carbocycles. The van der Waals surface area contributed by atoms with Crippen LogP contribution in [0.3, 0.4) is 0 Å². The van der Waals surface area contributed by atoms with E-state index >= 15 is 0 Å². The summed E-state index contributed by atoms with van der Waals surface area (Å²) >= 11 is 6.69. The van der Waals surface area contributed by atoms with Crippen molar-refractivity contribution in [2.75, 3.05) is 40.0 Å². The van der Waals surface area contributed by atoms with Crippen molar-refractivity contribution in [2.45, 2.75) is 18.8 Å². The first-order valence-corrected chi connectivity index (χ1v) is 9.92. The van der Waals surface area contributed by atoms with Crippen LogP contribution in [0.4, 0.5) is 5.82 Å². The van der Waals surface area contributed by atoms with Crippen molar-refractivity contribution in [3.63, 3.8) is 0 Å². The second kappa shape index (κ2) is 7.61. The third-order valence-electron chi connectivity index (χ3n) is 5.40. The number of benzene rings is 1. The number of hydrogen-bond acceptors (Lipinski definition) is 6. The summed E-state index contributed by atoms with van der Waals surface area (Å²) in [5.41, 5.74) is 8.86. The molecular formula is C20H24ClN7O. The molecule has 8 nitrogen and oxygen atoms in total. The van der Waals surface area contributed by atoms with Crippen LogP contribution in [0.25, 0.3) is 16.9 Å². The molecule has 1 amide bonds. The minimum absolute atomic E-state index is 0.110. The van der Waals surface area contributed by atoms with Gasteiger partial charge in [-0.15, -0.1) is 0 Å². The Kier molecular flexibility index (Phi) is 5.14. The van der Waals surface area contributed by atoms with Crippen LogP contribution in [0.15, 0.2) is 24.8 Å². The van der Waals surface area contributed by atoms with Gasteiger partial charge >= 0.3 is 0 Å². The number of carbonyl (C=O) groups is 1. The van der Waals surface area contributed by atoms with E-state index in [1.54, 1.807) is 37.5 Å². The molecule has 1 atom stereocenters. The van der Waals surface area contributed by atoms with Crippen LogP contribution in [0.1, 0.15) is 34.7 Å². The highest BCUT2D eigenvalue weighted by Crippen LogP contribution is 2.38. The number of nitrogen functional groups attached to an aromatic ring is 1. The zero-order valence-corrected chi connectivity index (χ0v) is 17.5. The van der Waals surface area contributed by atoms with E-state index in [4.69, 9.17) is 17.3 Å². The van der Waals surface area contributed by atoms with Crippen LogP contribution in [0.5, 0.6) is 0 Å². The average Bonchev–Trinajstić information content (AvgIpc) is 3.09. The Morgan fingerprint density at radius 3 is 2.76 bits per heavy atom.